The maximum atomic E-state index is 5.21. The highest BCUT2D eigenvalue weighted by Gasteiger charge is 2.06. The van der Waals surface area contributed by atoms with Gasteiger partial charge in [0.15, 0.2) is 0 Å². The highest BCUT2D eigenvalue weighted by atomic mass is 32.1. The van der Waals surface area contributed by atoms with Gasteiger partial charge in [-0.2, -0.15) is 0 Å². The van der Waals surface area contributed by atoms with Crippen LogP contribution < -0.4 is 4.74 Å². The molecule has 83 valence electrons. The summed E-state index contributed by atoms with van der Waals surface area (Å²) in [5.41, 5.74) is 2.14. The average molecular weight is 240 g/mol. The third-order valence-electron chi connectivity index (χ3n) is 2.56. The van der Waals surface area contributed by atoms with Gasteiger partial charge < -0.3 is 4.74 Å². The van der Waals surface area contributed by atoms with Crippen molar-refractivity contribution < 1.29 is 4.74 Å². The normalized spacial score (nSPS) is 10.6. The van der Waals surface area contributed by atoms with Crippen molar-refractivity contribution >= 4 is 21.6 Å². The van der Waals surface area contributed by atoms with Gasteiger partial charge in [-0.3, -0.25) is 0 Å². The summed E-state index contributed by atoms with van der Waals surface area (Å²) < 4.78 is 6.36. The number of nitrogens with zero attached hydrogens (tertiary/aromatic N) is 1. The Labute approximate surface area is 104 Å². The van der Waals surface area contributed by atoms with Crippen LogP contribution in [0.4, 0.5) is 0 Å². The molecule has 0 N–H and O–H groups in total. The fraction of sp³-hybridized carbons (Fsp3) is 0.0714. The lowest BCUT2D eigenvalue weighted by atomic mass is 10.2. The monoisotopic (exact) mass is 240 g/mol. The van der Waals surface area contributed by atoms with Crippen molar-refractivity contribution in [2.45, 2.75) is 0 Å². The molecule has 3 rings (SSSR count). The van der Waals surface area contributed by atoms with E-state index in [1.807, 2.05) is 42.5 Å². The highest BCUT2D eigenvalue weighted by Crippen LogP contribution is 2.31. The van der Waals surface area contributed by atoms with Gasteiger partial charge in [-0.05, 0) is 24.3 Å². The Balaban J connectivity index is 2.14. The van der Waals surface area contributed by atoms with Gasteiger partial charge in [0, 0.05) is 5.56 Å². The van der Waals surface area contributed by atoms with Gasteiger partial charge in [0.1, 0.15) is 10.8 Å². The van der Waals surface area contributed by atoms with Crippen molar-refractivity contribution in [1.82, 2.24) is 4.98 Å². The number of fused-ring (bicyclic) bond motifs is 1. The first-order valence-electron chi connectivity index (χ1n) is 5.28. The van der Waals surface area contributed by atoms with Crippen LogP contribution in [0.5, 0.6) is 5.75 Å². The van der Waals surface area contributed by atoms with E-state index in [2.05, 4.69) is 11.1 Å². The zero-order chi connectivity index (χ0) is 11.7. The minimum atomic E-state index is 0.870. The van der Waals surface area contributed by atoms with Gasteiger partial charge in [0.2, 0.25) is 0 Å². The summed E-state index contributed by atoms with van der Waals surface area (Å²) in [5.74, 6) is 0.870. The zero-order valence-electron chi connectivity index (χ0n) is 9.31. The molecule has 1 heterocycles. The van der Waals surface area contributed by atoms with Gasteiger partial charge >= 0.3 is 0 Å². The van der Waals surface area contributed by atoms with Crippen LogP contribution in [0, 0.1) is 6.07 Å². The number of ether oxygens (including phenoxy) is 1. The summed E-state index contributed by atoms with van der Waals surface area (Å²) in [4.78, 5) is 4.61. The van der Waals surface area contributed by atoms with Gasteiger partial charge in [-0.15, -0.1) is 11.3 Å². The van der Waals surface area contributed by atoms with Crippen molar-refractivity contribution in [3.8, 4) is 16.3 Å². The molecule has 0 aliphatic heterocycles. The number of thiazole rings is 1. The van der Waals surface area contributed by atoms with Crippen molar-refractivity contribution in [3.05, 3.63) is 48.5 Å². The van der Waals surface area contributed by atoms with Crippen molar-refractivity contribution in [2.75, 3.05) is 7.11 Å². The van der Waals surface area contributed by atoms with Crippen LogP contribution in [0.3, 0.4) is 0 Å². The molecule has 0 spiro atoms. The van der Waals surface area contributed by atoms with Crippen LogP contribution in [0.2, 0.25) is 0 Å². The summed E-state index contributed by atoms with van der Waals surface area (Å²) in [6.07, 6.45) is 0. The lowest BCUT2D eigenvalue weighted by Gasteiger charge is -1.96. The number of hydrogen-bond acceptors (Lipinski definition) is 3. The molecular weight excluding hydrogens is 230 g/mol. The molecule has 0 saturated carbocycles. The first-order chi connectivity index (χ1) is 8.36. The summed E-state index contributed by atoms with van der Waals surface area (Å²) in [5, 5.41) is 1.03. The maximum Gasteiger partial charge on any atom is 0.124 e. The topological polar surface area (TPSA) is 22.1 Å². The summed E-state index contributed by atoms with van der Waals surface area (Å²) in [6.45, 7) is 0. The van der Waals surface area contributed by atoms with E-state index in [4.69, 9.17) is 4.74 Å². The lowest BCUT2D eigenvalue weighted by Crippen LogP contribution is -1.80. The van der Waals surface area contributed by atoms with E-state index in [1.54, 1.807) is 18.4 Å². The summed E-state index contributed by atoms with van der Waals surface area (Å²) in [7, 11) is 1.68. The van der Waals surface area contributed by atoms with Crippen LogP contribution in [-0.4, -0.2) is 12.1 Å². The molecule has 2 nitrogen and oxygen atoms in total. The van der Waals surface area contributed by atoms with E-state index in [0.717, 1.165) is 26.5 Å². The smallest absolute Gasteiger partial charge is 0.124 e. The van der Waals surface area contributed by atoms with Crippen LogP contribution in [0.1, 0.15) is 0 Å². The fourth-order valence-electron chi connectivity index (χ4n) is 1.68. The molecule has 0 aliphatic carbocycles. The zero-order valence-corrected chi connectivity index (χ0v) is 10.1. The van der Waals surface area contributed by atoms with E-state index < -0.39 is 0 Å². The molecule has 2 aromatic carbocycles. The van der Waals surface area contributed by atoms with Gasteiger partial charge in [-0.1, -0.05) is 24.3 Å². The fourth-order valence-corrected chi connectivity index (χ4v) is 2.68. The molecule has 3 aromatic rings. The predicted molar refractivity (Wildman–Crippen MR) is 70.4 cm³/mol. The van der Waals surface area contributed by atoms with Crippen LogP contribution in [0.25, 0.3) is 20.8 Å². The summed E-state index contributed by atoms with van der Waals surface area (Å²) >= 11 is 1.67. The molecule has 0 bridgehead atoms. The number of rotatable bonds is 2. The highest BCUT2D eigenvalue weighted by molar-refractivity contribution is 7.21. The molecule has 0 amide bonds. The molecule has 0 fully saturated rings. The van der Waals surface area contributed by atoms with Gasteiger partial charge in [0.25, 0.3) is 0 Å². The molecule has 0 atom stereocenters. The third-order valence-corrected chi connectivity index (χ3v) is 3.63. The Morgan fingerprint density at radius 3 is 2.76 bits per heavy atom. The summed E-state index contributed by atoms with van der Waals surface area (Å²) in [6, 6.07) is 16.8. The largest absolute Gasteiger partial charge is 0.497 e. The first kappa shape index (κ1) is 10.3. The molecule has 3 heteroatoms. The number of hydrogen-bond donors (Lipinski definition) is 0. The number of benzene rings is 2. The molecule has 0 unspecified atom stereocenters. The lowest BCUT2D eigenvalue weighted by molar-refractivity contribution is 0.415. The van der Waals surface area contributed by atoms with Gasteiger partial charge in [-0.25, -0.2) is 4.98 Å². The Morgan fingerprint density at radius 2 is 2.00 bits per heavy atom. The standard InChI is InChI=1S/C14H10NOS/c1-16-11-7-8-12-13(9-11)17-14(15-12)10-5-3-2-4-6-10/h3-9H,1H3. The maximum absolute atomic E-state index is 5.21. The molecule has 0 saturated heterocycles. The Bertz CT molecular complexity index is 646. The van der Waals surface area contributed by atoms with E-state index in [0.29, 0.717) is 0 Å². The minimum Gasteiger partial charge on any atom is -0.497 e. The Kier molecular flexibility index (Phi) is 2.53. The average Bonchev–Trinajstić information content (AvgIpc) is 2.82. The molecule has 0 aliphatic rings. The molecule has 1 radical (unpaired) electrons. The van der Waals surface area contributed by atoms with E-state index in [9.17, 15) is 0 Å². The number of methoxy groups -OCH3 is 1. The van der Waals surface area contributed by atoms with E-state index >= 15 is 0 Å². The van der Waals surface area contributed by atoms with E-state index in [-0.39, 0.29) is 0 Å². The molecule has 17 heavy (non-hydrogen) atoms. The first-order valence-corrected chi connectivity index (χ1v) is 6.09. The van der Waals surface area contributed by atoms with Crippen molar-refractivity contribution in [1.29, 1.82) is 0 Å². The van der Waals surface area contributed by atoms with Crippen LogP contribution in [-0.2, 0) is 0 Å². The predicted octanol–water partition coefficient (Wildman–Crippen LogP) is 3.77. The van der Waals surface area contributed by atoms with Crippen LogP contribution >= 0.6 is 11.3 Å². The van der Waals surface area contributed by atoms with Crippen molar-refractivity contribution in [3.63, 3.8) is 0 Å². The SMILES string of the molecule is COc1ccc2nc(-c3cc[c]cc3)sc2c1. The van der Waals surface area contributed by atoms with Crippen molar-refractivity contribution in [2.24, 2.45) is 0 Å². The van der Waals surface area contributed by atoms with Gasteiger partial charge in [0.05, 0.1) is 17.3 Å². The number of aromatic nitrogens is 1. The Hall–Kier alpha value is -1.87. The quantitative estimate of drug-likeness (QED) is 0.680. The second kappa shape index (κ2) is 4.18. The Morgan fingerprint density at radius 1 is 1.18 bits per heavy atom. The third kappa shape index (κ3) is 1.89. The second-order valence-electron chi connectivity index (χ2n) is 3.64. The second-order valence-corrected chi connectivity index (χ2v) is 4.67. The molecular formula is C14H10NOS. The van der Waals surface area contributed by atoms with E-state index in [1.165, 1.54) is 0 Å². The minimum absolute atomic E-state index is 0.870. The van der Waals surface area contributed by atoms with Crippen LogP contribution in [0.15, 0.2) is 42.5 Å². The molecule has 1 aromatic heterocycles.